The first kappa shape index (κ1) is 8.35. The molecule has 3 nitrogen and oxygen atoms in total. The maximum absolute atomic E-state index is 9.09. The van der Waals surface area contributed by atoms with E-state index in [0.29, 0.717) is 6.54 Å². The van der Waals surface area contributed by atoms with E-state index in [0.717, 1.165) is 12.8 Å². The fraction of sp³-hybridized carbons (Fsp3) is 0.875. The van der Waals surface area contributed by atoms with Gasteiger partial charge in [-0.15, -0.1) is 0 Å². The van der Waals surface area contributed by atoms with Gasteiger partial charge < -0.3 is 10.4 Å². The lowest BCUT2D eigenvalue weighted by molar-refractivity contribution is 0.133. The number of nitriles is 1. The molecule has 1 aliphatic rings. The Morgan fingerprint density at radius 3 is 2.55 bits per heavy atom. The molecule has 0 aromatic carbocycles. The van der Waals surface area contributed by atoms with Crippen LogP contribution in [-0.4, -0.2) is 18.3 Å². The number of hydrogen-bond donors (Lipinski definition) is 2. The zero-order valence-corrected chi connectivity index (χ0v) is 6.64. The van der Waals surface area contributed by atoms with Gasteiger partial charge >= 0.3 is 0 Å². The molecule has 1 rings (SSSR count). The Morgan fingerprint density at radius 1 is 1.45 bits per heavy atom. The first-order valence-corrected chi connectivity index (χ1v) is 4.06. The van der Waals surface area contributed by atoms with Crippen LogP contribution in [0.15, 0.2) is 0 Å². The van der Waals surface area contributed by atoms with Crippen LogP contribution in [0.4, 0.5) is 0 Å². The van der Waals surface area contributed by atoms with Crippen molar-refractivity contribution in [3.05, 3.63) is 0 Å². The molecule has 2 N–H and O–H groups in total. The third-order valence-corrected chi connectivity index (χ3v) is 2.54. The van der Waals surface area contributed by atoms with Crippen LogP contribution in [0.1, 0.15) is 25.7 Å². The molecule has 0 aromatic rings. The maximum Gasteiger partial charge on any atom is 0.176 e. The van der Waals surface area contributed by atoms with E-state index in [9.17, 15) is 0 Å². The van der Waals surface area contributed by atoms with E-state index in [-0.39, 0.29) is 12.0 Å². The Balaban J connectivity index is 2.40. The summed E-state index contributed by atoms with van der Waals surface area (Å²) in [7, 11) is 0. The molecule has 11 heavy (non-hydrogen) atoms. The summed E-state index contributed by atoms with van der Waals surface area (Å²) < 4.78 is 0. The number of aliphatic hydroxyl groups is 1. The minimum Gasteiger partial charge on any atom is -0.396 e. The lowest BCUT2D eigenvalue weighted by atomic mass is 9.87. The van der Waals surface area contributed by atoms with Crippen molar-refractivity contribution in [1.82, 2.24) is 5.32 Å². The van der Waals surface area contributed by atoms with Crippen LogP contribution in [0.2, 0.25) is 0 Å². The average Bonchev–Trinajstić information content (AvgIpc) is 2.50. The van der Waals surface area contributed by atoms with Crippen molar-refractivity contribution in [3.8, 4) is 6.19 Å². The highest BCUT2D eigenvalue weighted by atomic mass is 16.3. The van der Waals surface area contributed by atoms with Gasteiger partial charge in [0.2, 0.25) is 0 Å². The Morgan fingerprint density at radius 2 is 2.09 bits per heavy atom. The van der Waals surface area contributed by atoms with Crippen molar-refractivity contribution in [2.75, 3.05) is 13.2 Å². The smallest absolute Gasteiger partial charge is 0.176 e. The number of nitrogens with zero attached hydrogens (tertiary/aromatic N) is 1. The third kappa shape index (κ3) is 1.84. The molecule has 0 radical (unpaired) electrons. The molecule has 1 saturated carbocycles. The van der Waals surface area contributed by atoms with Crippen molar-refractivity contribution in [1.29, 1.82) is 5.26 Å². The molecule has 0 amide bonds. The zero-order valence-electron chi connectivity index (χ0n) is 6.64. The van der Waals surface area contributed by atoms with Crippen LogP contribution in [0.5, 0.6) is 0 Å². The van der Waals surface area contributed by atoms with Crippen molar-refractivity contribution < 1.29 is 5.11 Å². The van der Waals surface area contributed by atoms with Crippen LogP contribution in [-0.2, 0) is 0 Å². The summed E-state index contributed by atoms with van der Waals surface area (Å²) in [5, 5.41) is 20.0. The van der Waals surface area contributed by atoms with Gasteiger partial charge in [-0.1, -0.05) is 12.8 Å². The van der Waals surface area contributed by atoms with E-state index in [1.807, 2.05) is 6.19 Å². The SMILES string of the molecule is N#CNCC1(CO)CCCC1. The summed E-state index contributed by atoms with van der Waals surface area (Å²) in [6, 6.07) is 0. The first-order valence-electron chi connectivity index (χ1n) is 4.06. The first-order chi connectivity index (χ1) is 5.33. The molecular weight excluding hydrogens is 140 g/mol. The second-order valence-corrected chi connectivity index (χ2v) is 3.33. The summed E-state index contributed by atoms with van der Waals surface area (Å²) in [4.78, 5) is 0. The fourth-order valence-corrected chi connectivity index (χ4v) is 1.74. The summed E-state index contributed by atoms with van der Waals surface area (Å²) in [6.45, 7) is 0.849. The summed E-state index contributed by atoms with van der Waals surface area (Å²) in [5.74, 6) is 0. The standard InChI is InChI=1S/C8H14N2O/c9-7-10-5-8(6-11)3-1-2-4-8/h10-11H,1-6H2. The summed E-state index contributed by atoms with van der Waals surface area (Å²) in [5.41, 5.74) is 0.00965. The highest BCUT2D eigenvalue weighted by Crippen LogP contribution is 2.36. The molecule has 0 unspecified atom stereocenters. The van der Waals surface area contributed by atoms with Crippen molar-refractivity contribution in [3.63, 3.8) is 0 Å². The quantitative estimate of drug-likeness (QED) is 0.462. The van der Waals surface area contributed by atoms with Gasteiger partial charge in [-0.05, 0) is 12.8 Å². The van der Waals surface area contributed by atoms with Crippen molar-refractivity contribution in [2.45, 2.75) is 25.7 Å². The molecule has 0 atom stereocenters. The molecule has 62 valence electrons. The van der Waals surface area contributed by atoms with E-state index in [4.69, 9.17) is 10.4 Å². The average molecular weight is 154 g/mol. The molecule has 0 bridgehead atoms. The highest BCUT2D eigenvalue weighted by molar-refractivity contribution is 4.88. The van der Waals surface area contributed by atoms with Crippen LogP contribution >= 0.6 is 0 Å². The zero-order chi connectivity index (χ0) is 8.16. The Hall–Kier alpha value is -0.750. The van der Waals surface area contributed by atoms with Gasteiger partial charge in [-0.2, -0.15) is 5.26 Å². The Labute approximate surface area is 67.0 Å². The second kappa shape index (κ2) is 3.59. The normalized spacial score (nSPS) is 21.1. The monoisotopic (exact) mass is 154 g/mol. The van der Waals surface area contributed by atoms with Gasteiger partial charge in [0.15, 0.2) is 6.19 Å². The molecule has 0 spiro atoms. The van der Waals surface area contributed by atoms with E-state index >= 15 is 0 Å². The topological polar surface area (TPSA) is 56.0 Å². The van der Waals surface area contributed by atoms with Crippen LogP contribution < -0.4 is 5.32 Å². The molecular formula is C8H14N2O. The molecule has 0 heterocycles. The van der Waals surface area contributed by atoms with Gasteiger partial charge in [0.05, 0.1) is 6.61 Å². The van der Waals surface area contributed by atoms with Crippen molar-refractivity contribution >= 4 is 0 Å². The molecule has 1 fully saturated rings. The Bertz CT molecular complexity index is 156. The minimum absolute atomic E-state index is 0.00965. The number of nitrogens with one attached hydrogen (secondary N) is 1. The molecule has 0 aliphatic heterocycles. The lowest BCUT2D eigenvalue weighted by Crippen LogP contribution is -2.32. The van der Waals surface area contributed by atoms with E-state index in [1.165, 1.54) is 12.8 Å². The maximum atomic E-state index is 9.09. The summed E-state index contributed by atoms with van der Waals surface area (Å²) in [6.07, 6.45) is 6.38. The predicted octanol–water partition coefficient (Wildman–Crippen LogP) is 0.610. The highest BCUT2D eigenvalue weighted by Gasteiger charge is 2.32. The molecule has 0 aromatic heterocycles. The summed E-state index contributed by atoms with van der Waals surface area (Å²) >= 11 is 0. The van der Waals surface area contributed by atoms with Gasteiger partial charge in [0.25, 0.3) is 0 Å². The van der Waals surface area contributed by atoms with E-state index in [1.54, 1.807) is 0 Å². The largest absolute Gasteiger partial charge is 0.396 e. The van der Waals surface area contributed by atoms with Gasteiger partial charge in [0, 0.05) is 12.0 Å². The van der Waals surface area contributed by atoms with Gasteiger partial charge in [0.1, 0.15) is 0 Å². The predicted molar refractivity (Wildman–Crippen MR) is 41.6 cm³/mol. The van der Waals surface area contributed by atoms with Gasteiger partial charge in [-0.3, -0.25) is 0 Å². The lowest BCUT2D eigenvalue weighted by Gasteiger charge is -2.24. The second-order valence-electron chi connectivity index (χ2n) is 3.33. The van der Waals surface area contributed by atoms with E-state index in [2.05, 4.69) is 5.32 Å². The van der Waals surface area contributed by atoms with Gasteiger partial charge in [-0.25, -0.2) is 0 Å². The minimum atomic E-state index is 0.00965. The number of rotatable bonds is 3. The number of hydrogen-bond acceptors (Lipinski definition) is 3. The fourth-order valence-electron chi connectivity index (χ4n) is 1.74. The number of aliphatic hydroxyl groups excluding tert-OH is 1. The molecule has 1 aliphatic carbocycles. The molecule has 0 saturated heterocycles. The van der Waals surface area contributed by atoms with E-state index < -0.39 is 0 Å². The molecule has 3 heteroatoms. The van der Waals surface area contributed by atoms with Crippen LogP contribution in [0, 0.1) is 16.9 Å². The van der Waals surface area contributed by atoms with Crippen LogP contribution in [0.3, 0.4) is 0 Å². The van der Waals surface area contributed by atoms with Crippen LogP contribution in [0.25, 0.3) is 0 Å². The third-order valence-electron chi connectivity index (χ3n) is 2.54. The van der Waals surface area contributed by atoms with Crippen molar-refractivity contribution in [2.24, 2.45) is 5.41 Å². The Kier molecular flexibility index (Phi) is 2.72.